The van der Waals surface area contributed by atoms with Crippen molar-refractivity contribution in [1.82, 2.24) is 4.90 Å². The van der Waals surface area contributed by atoms with Crippen LogP contribution in [0.2, 0.25) is 0 Å². The maximum absolute atomic E-state index is 6.52. The zero-order chi connectivity index (χ0) is 10.9. The lowest BCUT2D eigenvalue weighted by atomic mass is 9.81. The molecule has 0 aromatic carbocycles. The van der Waals surface area contributed by atoms with Gasteiger partial charge in [0.15, 0.2) is 0 Å². The Kier molecular flexibility index (Phi) is 3.36. The molecule has 2 aliphatic rings. The van der Waals surface area contributed by atoms with Gasteiger partial charge in [-0.25, -0.2) is 0 Å². The molecule has 88 valence electrons. The Morgan fingerprint density at radius 3 is 2.13 bits per heavy atom. The molecule has 0 aromatic heterocycles. The quantitative estimate of drug-likeness (QED) is 0.755. The van der Waals surface area contributed by atoms with Crippen molar-refractivity contribution >= 4 is 0 Å². The first-order valence-electron chi connectivity index (χ1n) is 6.75. The van der Waals surface area contributed by atoms with Crippen molar-refractivity contribution in [3.63, 3.8) is 0 Å². The molecular formula is C13H26N2. The first kappa shape index (κ1) is 11.4. The Balaban J connectivity index is 2.12. The van der Waals surface area contributed by atoms with E-state index in [4.69, 9.17) is 5.73 Å². The van der Waals surface area contributed by atoms with Gasteiger partial charge in [-0.1, -0.05) is 13.8 Å². The van der Waals surface area contributed by atoms with Gasteiger partial charge in [-0.05, 0) is 57.5 Å². The van der Waals surface area contributed by atoms with E-state index in [2.05, 4.69) is 18.7 Å². The molecule has 2 heteroatoms. The normalized spacial score (nSPS) is 25.8. The topological polar surface area (TPSA) is 29.3 Å². The standard InChI is InChI=1S/C13H26N2/c1-3-13(4-2,12(14)11-7-8-11)15-9-5-6-10-15/h11-12H,3-10,14H2,1-2H3. The number of rotatable bonds is 5. The van der Waals surface area contributed by atoms with Crippen molar-refractivity contribution in [1.29, 1.82) is 0 Å². The van der Waals surface area contributed by atoms with Gasteiger partial charge in [0.2, 0.25) is 0 Å². The highest BCUT2D eigenvalue weighted by Crippen LogP contribution is 2.42. The van der Waals surface area contributed by atoms with Crippen LogP contribution in [0.5, 0.6) is 0 Å². The smallest absolute Gasteiger partial charge is 0.0357 e. The van der Waals surface area contributed by atoms with Crippen LogP contribution in [-0.4, -0.2) is 29.6 Å². The molecule has 0 bridgehead atoms. The van der Waals surface area contributed by atoms with Crippen LogP contribution in [0, 0.1) is 5.92 Å². The Bertz CT molecular complexity index is 197. The van der Waals surface area contributed by atoms with Crippen molar-refractivity contribution in [2.75, 3.05) is 13.1 Å². The average Bonchev–Trinajstić information content (AvgIpc) is 2.98. The average molecular weight is 210 g/mol. The van der Waals surface area contributed by atoms with Crippen LogP contribution < -0.4 is 5.73 Å². The summed E-state index contributed by atoms with van der Waals surface area (Å²) < 4.78 is 0. The number of hydrogen-bond acceptors (Lipinski definition) is 2. The SMILES string of the molecule is CCC(CC)(C(N)C1CC1)N1CCCC1. The maximum atomic E-state index is 6.52. The van der Waals surface area contributed by atoms with Crippen molar-refractivity contribution < 1.29 is 0 Å². The summed E-state index contributed by atoms with van der Waals surface area (Å²) in [4.78, 5) is 2.69. The molecular weight excluding hydrogens is 184 g/mol. The summed E-state index contributed by atoms with van der Waals surface area (Å²) in [6.45, 7) is 7.21. The lowest BCUT2D eigenvalue weighted by molar-refractivity contribution is 0.0690. The summed E-state index contributed by atoms with van der Waals surface area (Å²) in [7, 11) is 0. The third-order valence-electron chi connectivity index (χ3n) is 4.71. The molecule has 0 spiro atoms. The Morgan fingerprint density at radius 1 is 1.20 bits per heavy atom. The zero-order valence-corrected chi connectivity index (χ0v) is 10.3. The van der Waals surface area contributed by atoms with Gasteiger partial charge in [-0.2, -0.15) is 0 Å². The molecule has 1 aliphatic carbocycles. The predicted octanol–water partition coefficient (Wildman–Crippen LogP) is 2.38. The summed E-state index contributed by atoms with van der Waals surface area (Å²) >= 11 is 0. The lowest BCUT2D eigenvalue weighted by Gasteiger charge is -2.45. The number of hydrogen-bond donors (Lipinski definition) is 1. The van der Waals surface area contributed by atoms with E-state index in [9.17, 15) is 0 Å². The minimum absolute atomic E-state index is 0.317. The number of nitrogens with zero attached hydrogens (tertiary/aromatic N) is 1. The Morgan fingerprint density at radius 2 is 1.73 bits per heavy atom. The second-order valence-electron chi connectivity index (χ2n) is 5.37. The third kappa shape index (κ3) is 1.94. The van der Waals surface area contributed by atoms with Gasteiger partial charge in [-0.3, -0.25) is 4.90 Å². The third-order valence-corrected chi connectivity index (χ3v) is 4.71. The van der Waals surface area contributed by atoms with Crippen molar-refractivity contribution in [3.05, 3.63) is 0 Å². The van der Waals surface area contributed by atoms with Crippen LogP contribution in [0.15, 0.2) is 0 Å². The molecule has 2 N–H and O–H groups in total. The molecule has 0 aromatic rings. The van der Waals surface area contributed by atoms with E-state index in [-0.39, 0.29) is 0 Å². The van der Waals surface area contributed by atoms with Crippen LogP contribution in [-0.2, 0) is 0 Å². The molecule has 2 fully saturated rings. The van der Waals surface area contributed by atoms with Gasteiger partial charge < -0.3 is 5.73 Å². The van der Waals surface area contributed by atoms with E-state index in [1.807, 2.05) is 0 Å². The lowest BCUT2D eigenvalue weighted by Crippen LogP contribution is -2.59. The first-order valence-corrected chi connectivity index (χ1v) is 6.75. The summed E-state index contributed by atoms with van der Waals surface area (Å²) in [5.74, 6) is 0.825. The molecule has 0 radical (unpaired) electrons. The molecule has 1 unspecified atom stereocenters. The van der Waals surface area contributed by atoms with Crippen LogP contribution >= 0.6 is 0 Å². The fourth-order valence-electron chi connectivity index (χ4n) is 3.44. The molecule has 1 atom stereocenters. The molecule has 1 heterocycles. The largest absolute Gasteiger partial charge is 0.326 e. The summed E-state index contributed by atoms with van der Waals surface area (Å²) in [5.41, 5.74) is 6.83. The van der Waals surface area contributed by atoms with E-state index < -0.39 is 0 Å². The molecule has 0 amide bonds. The van der Waals surface area contributed by atoms with E-state index >= 15 is 0 Å². The van der Waals surface area contributed by atoms with Gasteiger partial charge >= 0.3 is 0 Å². The second-order valence-corrected chi connectivity index (χ2v) is 5.37. The highest BCUT2D eigenvalue weighted by atomic mass is 15.2. The summed E-state index contributed by atoms with van der Waals surface area (Å²) in [5, 5.41) is 0. The summed E-state index contributed by atoms with van der Waals surface area (Å²) in [6.07, 6.45) is 7.94. The maximum Gasteiger partial charge on any atom is 0.0357 e. The van der Waals surface area contributed by atoms with Crippen LogP contribution in [0.1, 0.15) is 52.4 Å². The number of nitrogens with two attached hydrogens (primary N) is 1. The van der Waals surface area contributed by atoms with Crippen LogP contribution in [0.4, 0.5) is 0 Å². The van der Waals surface area contributed by atoms with E-state index in [1.165, 1.54) is 51.6 Å². The Hall–Kier alpha value is -0.0800. The fourth-order valence-corrected chi connectivity index (χ4v) is 3.44. The minimum Gasteiger partial charge on any atom is -0.326 e. The molecule has 1 saturated carbocycles. The van der Waals surface area contributed by atoms with Crippen molar-refractivity contribution in [3.8, 4) is 0 Å². The monoisotopic (exact) mass is 210 g/mol. The first-order chi connectivity index (χ1) is 7.24. The molecule has 15 heavy (non-hydrogen) atoms. The zero-order valence-electron chi connectivity index (χ0n) is 10.3. The molecule has 2 rings (SSSR count). The van der Waals surface area contributed by atoms with Crippen molar-refractivity contribution in [2.24, 2.45) is 11.7 Å². The fraction of sp³-hybridized carbons (Fsp3) is 1.00. The molecule has 2 nitrogen and oxygen atoms in total. The van der Waals surface area contributed by atoms with E-state index in [0.29, 0.717) is 11.6 Å². The van der Waals surface area contributed by atoms with Crippen LogP contribution in [0.25, 0.3) is 0 Å². The predicted molar refractivity (Wildman–Crippen MR) is 64.8 cm³/mol. The summed E-state index contributed by atoms with van der Waals surface area (Å²) in [6, 6.07) is 0.422. The van der Waals surface area contributed by atoms with Gasteiger partial charge in [0.25, 0.3) is 0 Å². The molecule has 1 aliphatic heterocycles. The second kappa shape index (κ2) is 4.42. The van der Waals surface area contributed by atoms with Gasteiger partial charge in [0.1, 0.15) is 0 Å². The minimum atomic E-state index is 0.317. The molecule has 1 saturated heterocycles. The van der Waals surface area contributed by atoms with Gasteiger partial charge in [0, 0.05) is 11.6 Å². The van der Waals surface area contributed by atoms with Crippen molar-refractivity contribution in [2.45, 2.75) is 64.0 Å². The van der Waals surface area contributed by atoms with Gasteiger partial charge in [0.05, 0.1) is 0 Å². The van der Waals surface area contributed by atoms with E-state index in [0.717, 1.165) is 5.92 Å². The highest BCUT2D eigenvalue weighted by molar-refractivity contribution is 5.04. The number of likely N-dealkylation sites (tertiary alicyclic amines) is 1. The van der Waals surface area contributed by atoms with E-state index in [1.54, 1.807) is 0 Å². The highest BCUT2D eigenvalue weighted by Gasteiger charge is 2.46. The Labute approximate surface area is 94.2 Å². The van der Waals surface area contributed by atoms with Gasteiger partial charge in [-0.15, -0.1) is 0 Å². The van der Waals surface area contributed by atoms with Crippen LogP contribution in [0.3, 0.4) is 0 Å².